The van der Waals surface area contributed by atoms with E-state index in [0.29, 0.717) is 5.69 Å². The number of benzene rings is 1. The lowest BCUT2D eigenvalue weighted by Crippen LogP contribution is -2.30. The van der Waals surface area contributed by atoms with E-state index in [-0.39, 0.29) is 10.9 Å². The quantitative estimate of drug-likeness (QED) is 0.932. The van der Waals surface area contributed by atoms with E-state index in [0.717, 1.165) is 5.56 Å². The molecule has 0 saturated heterocycles. The van der Waals surface area contributed by atoms with Crippen LogP contribution < -0.4 is 0 Å². The minimum Gasteiger partial charge on any atom is -0.281 e. The first-order valence-electron chi connectivity index (χ1n) is 5.97. The van der Waals surface area contributed by atoms with Gasteiger partial charge in [0.05, 0.1) is 11.9 Å². The van der Waals surface area contributed by atoms with Crippen molar-refractivity contribution in [2.45, 2.75) is 24.8 Å². The SMILES string of the molecule is Cc1[nH]ncc1S(=O)(=O)N(C)C(C)c1ccccc1. The Balaban J connectivity index is 2.34. The lowest BCUT2D eigenvalue weighted by Gasteiger charge is -2.24. The Labute approximate surface area is 113 Å². The summed E-state index contributed by atoms with van der Waals surface area (Å²) in [5.74, 6) is 0. The molecule has 0 spiro atoms. The number of sulfonamides is 1. The Bertz CT molecular complexity index is 650. The van der Waals surface area contributed by atoms with Gasteiger partial charge in [-0.15, -0.1) is 0 Å². The third-order valence-electron chi connectivity index (χ3n) is 3.27. The number of hydrogen-bond donors (Lipinski definition) is 1. The van der Waals surface area contributed by atoms with Crippen molar-refractivity contribution in [3.05, 3.63) is 47.8 Å². The highest BCUT2D eigenvalue weighted by Crippen LogP contribution is 2.26. The molecule has 0 aliphatic carbocycles. The maximum Gasteiger partial charge on any atom is 0.246 e. The highest BCUT2D eigenvalue weighted by Gasteiger charge is 2.28. The minimum atomic E-state index is -3.53. The van der Waals surface area contributed by atoms with Gasteiger partial charge in [0, 0.05) is 13.1 Å². The summed E-state index contributed by atoms with van der Waals surface area (Å²) in [5, 5.41) is 6.42. The number of aromatic nitrogens is 2. The average Bonchev–Trinajstić information content (AvgIpc) is 2.85. The number of aromatic amines is 1. The van der Waals surface area contributed by atoms with Gasteiger partial charge in [0.2, 0.25) is 10.0 Å². The highest BCUT2D eigenvalue weighted by molar-refractivity contribution is 7.89. The zero-order chi connectivity index (χ0) is 14.0. The standard InChI is InChI=1S/C13H17N3O2S/c1-10-13(9-14-15-10)19(17,18)16(3)11(2)12-7-5-4-6-8-12/h4-9,11H,1-3H3,(H,14,15). The van der Waals surface area contributed by atoms with Crippen molar-refractivity contribution in [2.24, 2.45) is 0 Å². The predicted molar refractivity (Wildman–Crippen MR) is 73.1 cm³/mol. The van der Waals surface area contributed by atoms with Crippen LogP contribution in [0.25, 0.3) is 0 Å². The average molecular weight is 279 g/mol. The molecule has 0 fully saturated rings. The number of rotatable bonds is 4. The van der Waals surface area contributed by atoms with Crippen molar-refractivity contribution in [1.82, 2.24) is 14.5 Å². The number of hydrogen-bond acceptors (Lipinski definition) is 3. The molecule has 19 heavy (non-hydrogen) atoms. The summed E-state index contributed by atoms with van der Waals surface area (Å²) in [4.78, 5) is 0.220. The van der Waals surface area contributed by atoms with E-state index in [1.165, 1.54) is 10.5 Å². The first-order valence-corrected chi connectivity index (χ1v) is 7.41. The van der Waals surface area contributed by atoms with Crippen LogP contribution >= 0.6 is 0 Å². The molecule has 102 valence electrons. The summed E-state index contributed by atoms with van der Waals surface area (Å²) in [7, 11) is -1.95. The van der Waals surface area contributed by atoms with Gasteiger partial charge in [-0.3, -0.25) is 5.10 Å². The second-order valence-corrected chi connectivity index (χ2v) is 6.43. The van der Waals surface area contributed by atoms with Crippen LogP contribution in [0.5, 0.6) is 0 Å². The molecule has 0 bridgehead atoms. The van der Waals surface area contributed by atoms with Gasteiger partial charge < -0.3 is 0 Å². The van der Waals surface area contributed by atoms with Crippen molar-refractivity contribution < 1.29 is 8.42 Å². The fourth-order valence-corrected chi connectivity index (χ4v) is 3.37. The molecule has 1 atom stereocenters. The zero-order valence-electron chi connectivity index (χ0n) is 11.2. The van der Waals surface area contributed by atoms with Crippen molar-refractivity contribution in [2.75, 3.05) is 7.05 Å². The van der Waals surface area contributed by atoms with E-state index < -0.39 is 10.0 Å². The number of aryl methyl sites for hydroxylation is 1. The minimum absolute atomic E-state index is 0.220. The molecule has 2 aromatic rings. The predicted octanol–water partition coefficient (Wildman–Crippen LogP) is 2.10. The molecule has 0 saturated carbocycles. The van der Waals surface area contributed by atoms with Gasteiger partial charge in [0.1, 0.15) is 4.90 Å². The normalized spacial score (nSPS) is 13.7. The Kier molecular flexibility index (Phi) is 3.73. The molecule has 0 amide bonds. The van der Waals surface area contributed by atoms with Gasteiger partial charge >= 0.3 is 0 Å². The molecule has 0 radical (unpaired) electrons. The third kappa shape index (κ3) is 2.54. The van der Waals surface area contributed by atoms with Crippen LogP contribution in [0.15, 0.2) is 41.4 Å². The molecule has 1 N–H and O–H groups in total. The van der Waals surface area contributed by atoms with Crippen molar-refractivity contribution in [1.29, 1.82) is 0 Å². The Hall–Kier alpha value is -1.66. The van der Waals surface area contributed by atoms with Crippen LogP contribution in [0.3, 0.4) is 0 Å². The van der Waals surface area contributed by atoms with Crippen LogP contribution in [0, 0.1) is 6.92 Å². The largest absolute Gasteiger partial charge is 0.281 e. The molecule has 1 unspecified atom stereocenters. The summed E-state index contributed by atoms with van der Waals surface area (Å²) in [6.07, 6.45) is 1.35. The summed E-state index contributed by atoms with van der Waals surface area (Å²) >= 11 is 0. The van der Waals surface area contributed by atoms with Crippen LogP contribution in [0.1, 0.15) is 24.2 Å². The van der Waals surface area contributed by atoms with Gasteiger partial charge in [-0.05, 0) is 19.4 Å². The van der Waals surface area contributed by atoms with E-state index >= 15 is 0 Å². The number of nitrogens with one attached hydrogen (secondary N) is 1. The van der Waals surface area contributed by atoms with E-state index in [2.05, 4.69) is 10.2 Å². The first-order chi connectivity index (χ1) is 8.94. The molecule has 0 aliphatic rings. The van der Waals surface area contributed by atoms with Crippen LogP contribution in [0.2, 0.25) is 0 Å². The Morgan fingerprint density at radius 3 is 2.42 bits per heavy atom. The Morgan fingerprint density at radius 1 is 1.26 bits per heavy atom. The maximum absolute atomic E-state index is 12.5. The summed E-state index contributed by atoms with van der Waals surface area (Å²) in [6, 6.07) is 9.30. The monoisotopic (exact) mass is 279 g/mol. The van der Waals surface area contributed by atoms with Gasteiger partial charge in [0.15, 0.2) is 0 Å². The lowest BCUT2D eigenvalue weighted by molar-refractivity contribution is 0.398. The fraction of sp³-hybridized carbons (Fsp3) is 0.308. The second kappa shape index (κ2) is 5.14. The molecular formula is C13H17N3O2S. The first kappa shape index (κ1) is 13.8. The molecule has 5 nitrogen and oxygen atoms in total. The smallest absolute Gasteiger partial charge is 0.246 e. The van der Waals surface area contributed by atoms with Crippen molar-refractivity contribution >= 4 is 10.0 Å². The summed E-state index contributed by atoms with van der Waals surface area (Å²) in [6.45, 7) is 3.56. The zero-order valence-corrected chi connectivity index (χ0v) is 12.0. The van der Waals surface area contributed by atoms with Gasteiger partial charge in [-0.2, -0.15) is 9.40 Å². The molecule has 6 heteroatoms. The Morgan fingerprint density at radius 2 is 1.89 bits per heavy atom. The topological polar surface area (TPSA) is 66.1 Å². The van der Waals surface area contributed by atoms with Gasteiger partial charge in [-0.25, -0.2) is 8.42 Å². The van der Waals surface area contributed by atoms with Gasteiger partial charge in [-0.1, -0.05) is 30.3 Å². The van der Waals surface area contributed by atoms with Crippen molar-refractivity contribution in [3.8, 4) is 0 Å². The van der Waals surface area contributed by atoms with E-state index in [4.69, 9.17) is 0 Å². The van der Waals surface area contributed by atoms with E-state index in [9.17, 15) is 8.42 Å². The highest BCUT2D eigenvalue weighted by atomic mass is 32.2. The van der Waals surface area contributed by atoms with E-state index in [1.54, 1.807) is 14.0 Å². The molecule has 2 rings (SSSR count). The van der Waals surface area contributed by atoms with Crippen molar-refractivity contribution in [3.63, 3.8) is 0 Å². The lowest BCUT2D eigenvalue weighted by atomic mass is 10.1. The molecular weight excluding hydrogens is 262 g/mol. The fourth-order valence-electron chi connectivity index (χ4n) is 1.90. The number of nitrogens with zero attached hydrogens (tertiary/aromatic N) is 2. The maximum atomic E-state index is 12.5. The van der Waals surface area contributed by atoms with E-state index in [1.807, 2.05) is 37.3 Å². The van der Waals surface area contributed by atoms with Gasteiger partial charge in [0.25, 0.3) is 0 Å². The number of H-pyrrole nitrogens is 1. The van der Waals surface area contributed by atoms with Crippen LogP contribution in [0.4, 0.5) is 0 Å². The van der Waals surface area contributed by atoms with Crippen LogP contribution in [-0.4, -0.2) is 30.0 Å². The van der Waals surface area contributed by atoms with Crippen LogP contribution in [-0.2, 0) is 10.0 Å². The second-order valence-electron chi connectivity index (χ2n) is 4.47. The molecule has 1 aromatic heterocycles. The molecule has 1 aromatic carbocycles. The third-order valence-corrected chi connectivity index (χ3v) is 5.31. The molecule has 0 aliphatic heterocycles. The molecule has 1 heterocycles. The summed E-state index contributed by atoms with van der Waals surface area (Å²) in [5.41, 5.74) is 1.50. The summed E-state index contributed by atoms with van der Waals surface area (Å²) < 4.78 is 26.4.